The summed E-state index contributed by atoms with van der Waals surface area (Å²) in [5.41, 5.74) is 0.126. The highest BCUT2D eigenvalue weighted by atomic mass is 35.5. The van der Waals surface area contributed by atoms with Crippen molar-refractivity contribution in [2.75, 3.05) is 25.5 Å². The summed E-state index contributed by atoms with van der Waals surface area (Å²) in [6.45, 7) is 1.89. The first-order valence-electron chi connectivity index (χ1n) is 7.89. The van der Waals surface area contributed by atoms with Crippen molar-refractivity contribution in [2.24, 2.45) is 7.05 Å². The lowest BCUT2D eigenvalue weighted by Crippen LogP contribution is -2.27. The number of nitrogens with one attached hydrogen (secondary N) is 2. The zero-order chi connectivity index (χ0) is 17.1. The van der Waals surface area contributed by atoms with Gasteiger partial charge in [-0.15, -0.1) is 12.4 Å². The van der Waals surface area contributed by atoms with Crippen LogP contribution in [0.1, 0.15) is 34.9 Å². The lowest BCUT2D eigenvalue weighted by Gasteiger charge is -2.19. The van der Waals surface area contributed by atoms with Gasteiger partial charge in [0.05, 0.1) is 12.7 Å². The fourth-order valence-electron chi connectivity index (χ4n) is 2.81. The van der Waals surface area contributed by atoms with Crippen molar-refractivity contribution in [3.63, 3.8) is 0 Å². The predicted molar refractivity (Wildman–Crippen MR) is 95.7 cm³/mol. The SMILES string of the molecule is COc1cccc(C(=O)Nc2nc(C3CCNCC3)nn2C)c1O.Cl. The molecule has 0 saturated carbocycles. The smallest absolute Gasteiger partial charge is 0.261 e. The van der Waals surface area contributed by atoms with Crippen LogP contribution < -0.4 is 15.4 Å². The molecule has 1 saturated heterocycles. The predicted octanol–water partition coefficient (Wildman–Crippen LogP) is 1.67. The van der Waals surface area contributed by atoms with E-state index in [0.29, 0.717) is 11.9 Å². The maximum Gasteiger partial charge on any atom is 0.261 e. The van der Waals surface area contributed by atoms with E-state index in [0.717, 1.165) is 31.8 Å². The van der Waals surface area contributed by atoms with Gasteiger partial charge in [-0.1, -0.05) is 6.07 Å². The fraction of sp³-hybridized carbons (Fsp3) is 0.438. The van der Waals surface area contributed by atoms with Crippen molar-refractivity contribution in [2.45, 2.75) is 18.8 Å². The molecule has 8 nitrogen and oxygen atoms in total. The third kappa shape index (κ3) is 4.02. The normalized spacial score (nSPS) is 14.6. The molecule has 0 spiro atoms. The van der Waals surface area contributed by atoms with Gasteiger partial charge in [-0.25, -0.2) is 4.68 Å². The van der Waals surface area contributed by atoms with Crippen molar-refractivity contribution in [3.05, 3.63) is 29.6 Å². The van der Waals surface area contributed by atoms with Crippen LogP contribution in [0.25, 0.3) is 0 Å². The number of hydrogen-bond acceptors (Lipinski definition) is 6. The maximum atomic E-state index is 12.4. The number of ether oxygens (including phenoxy) is 1. The number of piperidine rings is 1. The third-order valence-electron chi connectivity index (χ3n) is 4.17. The number of amides is 1. The number of benzene rings is 1. The molecule has 1 aromatic heterocycles. The van der Waals surface area contributed by atoms with E-state index in [1.54, 1.807) is 23.9 Å². The largest absolute Gasteiger partial charge is 0.504 e. The Morgan fingerprint density at radius 1 is 1.40 bits per heavy atom. The number of phenolic OH excluding ortho intramolecular Hbond substituents is 1. The van der Waals surface area contributed by atoms with Gasteiger partial charge in [0, 0.05) is 13.0 Å². The molecule has 1 amide bonds. The third-order valence-corrected chi connectivity index (χ3v) is 4.17. The van der Waals surface area contributed by atoms with Crippen LogP contribution in [0.5, 0.6) is 11.5 Å². The Morgan fingerprint density at radius 2 is 2.12 bits per heavy atom. The van der Waals surface area contributed by atoms with E-state index in [4.69, 9.17) is 4.74 Å². The molecule has 0 radical (unpaired) electrons. The summed E-state index contributed by atoms with van der Waals surface area (Å²) in [7, 11) is 3.17. The molecule has 0 atom stereocenters. The van der Waals surface area contributed by atoms with Gasteiger partial charge >= 0.3 is 0 Å². The molecule has 0 bridgehead atoms. The second kappa shape index (κ2) is 8.17. The van der Waals surface area contributed by atoms with E-state index in [1.807, 2.05) is 0 Å². The second-order valence-electron chi connectivity index (χ2n) is 5.75. The van der Waals surface area contributed by atoms with Crippen LogP contribution in [0.2, 0.25) is 0 Å². The Hall–Kier alpha value is -2.32. The van der Waals surface area contributed by atoms with Crippen LogP contribution in [0, 0.1) is 0 Å². The summed E-state index contributed by atoms with van der Waals surface area (Å²) in [5.74, 6) is 0.987. The molecule has 0 aliphatic carbocycles. The molecule has 25 heavy (non-hydrogen) atoms. The molecular weight excluding hydrogens is 346 g/mol. The Labute approximate surface area is 152 Å². The Balaban J connectivity index is 0.00000225. The van der Waals surface area contributed by atoms with Gasteiger partial charge in [0.25, 0.3) is 5.91 Å². The number of carbonyl (C=O) groups is 1. The van der Waals surface area contributed by atoms with Crippen molar-refractivity contribution in [3.8, 4) is 11.5 Å². The van der Waals surface area contributed by atoms with Gasteiger partial charge in [-0.3, -0.25) is 10.1 Å². The monoisotopic (exact) mass is 367 g/mol. The summed E-state index contributed by atoms with van der Waals surface area (Å²) in [6, 6.07) is 4.76. The number of phenols is 1. The van der Waals surface area contributed by atoms with E-state index >= 15 is 0 Å². The molecule has 3 rings (SSSR count). The number of hydrogen-bond donors (Lipinski definition) is 3. The molecule has 1 aliphatic rings. The Kier molecular flexibility index (Phi) is 6.22. The summed E-state index contributed by atoms with van der Waals surface area (Å²) in [5, 5.41) is 20.5. The van der Waals surface area contributed by atoms with Gasteiger partial charge in [0.2, 0.25) is 5.95 Å². The molecule has 9 heteroatoms. The zero-order valence-corrected chi connectivity index (χ0v) is 15.0. The van der Waals surface area contributed by atoms with Gasteiger partial charge in [-0.2, -0.15) is 10.1 Å². The van der Waals surface area contributed by atoms with Crippen LogP contribution in [-0.4, -0.2) is 46.0 Å². The number of anilines is 1. The van der Waals surface area contributed by atoms with Gasteiger partial charge < -0.3 is 15.2 Å². The van der Waals surface area contributed by atoms with Crippen molar-refractivity contribution < 1.29 is 14.6 Å². The van der Waals surface area contributed by atoms with E-state index in [-0.39, 0.29) is 29.5 Å². The molecule has 2 heterocycles. The highest BCUT2D eigenvalue weighted by Crippen LogP contribution is 2.30. The standard InChI is InChI=1S/C16H21N5O3.ClH/c1-21-16(18-14(20-21)10-6-8-17-9-7-10)19-15(23)11-4-3-5-12(24-2)13(11)22;/h3-5,10,17,22H,6-9H2,1-2H3,(H,18,19,20,23);1H. The minimum Gasteiger partial charge on any atom is -0.504 e. The molecule has 2 aromatic rings. The molecule has 1 fully saturated rings. The minimum atomic E-state index is -0.459. The number of rotatable bonds is 4. The summed E-state index contributed by atoms with van der Waals surface area (Å²) in [6.07, 6.45) is 1.96. The summed E-state index contributed by atoms with van der Waals surface area (Å²) < 4.78 is 6.57. The first kappa shape index (κ1) is 19.0. The van der Waals surface area contributed by atoms with Gasteiger partial charge in [0.1, 0.15) is 0 Å². The van der Waals surface area contributed by atoms with E-state index in [1.165, 1.54) is 13.2 Å². The Morgan fingerprint density at radius 3 is 2.80 bits per heavy atom. The number of aryl methyl sites for hydroxylation is 1. The lowest BCUT2D eigenvalue weighted by atomic mass is 9.98. The van der Waals surface area contributed by atoms with Crippen LogP contribution in [0.4, 0.5) is 5.95 Å². The van der Waals surface area contributed by atoms with E-state index in [9.17, 15) is 9.90 Å². The summed E-state index contributed by atoms with van der Waals surface area (Å²) >= 11 is 0. The second-order valence-corrected chi connectivity index (χ2v) is 5.75. The van der Waals surface area contributed by atoms with Crippen LogP contribution in [0.15, 0.2) is 18.2 Å². The molecule has 136 valence electrons. The number of aromatic nitrogens is 3. The lowest BCUT2D eigenvalue weighted by molar-refractivity contribution is 0.102. The topological polar surface area (TPSA) is 101 Å². The van der Waals surface area contributed by atoms with Crippen molar-refractivity contribution in [1.29, 1.82) is 0 Å². The molecule has 1 aliphatic heterocycles. The quantitative estimate of drug-likeness (QED) is 0.759. The number of methoxy groups -OCH3 is 1. The maximum absolute atomic E-state index is 12.4. The first-order valence-corrected chi connectivity index (χ1v) is 7.89. The van der Waals surface area contributed by atoms with Gasteiger partial charge in [0.15, 0.2) is 17.3 Å². The van der Waals surface area contributed by atoms with Crippen molar-refractivity contribution in [1.82, 2.24) is 20.1 Å². The Bertz CT molecular complexity index is 743. The van der Waals surface area contributed by atoms with E-state index in [2.05, 4.69) is 20.7 Å². The van der Waals surface area contributed by atoms with Crippen LogP contribution in [-0.2, 0) is 7.05 Å². The number of nitrogens with zero attached hydrogens (tertiary/aromatic N) is 3. The van der Waals surface area contributed by atoms with E-state index < -0.39 is 5.91 Å². The van der Waals surface area contributed by atoms with Crippen LogP contribution in [0.3, 0.4) is 0 Å². The summed E-state index contributed by atoms with van der Waals surface area (Å²) in [4.78, 5) is 16.9. The fourth-order valence-corrected chi connectivity index (χ4v) is 2.81. The van der Waals surface area contributed by atoms with Gasteiger partial charge in [-0.05, 0) is 38.1 Å². The zero-order valence-electron chi connectivity index (χ0n) is 14.2. The average Bonchev–Trinajstić information content (AvgIpc) is 2.96. The number of aromatic hydroxyl groups is 1. The van der Waals surface area contributed by atoms with Crippen LogP contribution >= 0.6 is 12.4 Å². The van der Waals surface area contributed by atoms with Crippen molar-refractivity contribution >= 4 is 24.3 Å². The molecule has 1 aromatic carbocycles. The minimum absolute atomic E-state index is 0. The molecule has 0 unspecified atom stereocenters. The number of para-hydroxylation sites is 1. The first-order chi connectivity index (χ1) is 11.6. The highest BCUT2D eigenvalue weighted by Gasteiger charge is 2.22. The molecule has 3 N–H and O–H groups in total. The molecular formula is C16H22ClN5O3. The highest BCUT2D eigenvalue weighted by molar-refractivity contribution is 6.05. The number of halogens is 1. The average molecular weight is 368 g/mol. The number of carbonyl (C=O) groups excluding carboxylic acids is 1.